The molecule has 0 saturated carbocycles. The first-order chi connectivity index (χ1) is 13.9. The van der Waals surface area contributed by atoms with Gasteiger partial charge in [-0.15, -0.1) is 0 Å². The molecule has 148 valence electrons. The summed E-state index contributed by atoms with van der Waals surface area (Å²) in [5, 5.41) is 5.12. The number of halogens is 3. The molecule has 29 heavy (non-hydrogen) atoms. The summed E-state index contributed by atoms with van der Waals surface area (Å²) in [6.45, 7) is 0.227. The second kappa shape index (κ2) is 9.05. The Morgan fingerprint density at radius 3 is 2.17 bits per heavy atom. The maximum atomic E-state index is 13.6. The van der Waals surface area contributed by atoms with Gasteiger partial charge >= 0.3 is 0 Å². The molecular formula is C22H17F3N2O2. The third-order valence-electron chi connectivity index (χ3n) is 4.20. The fraction of sp³-hybridized carbons (Fsp3) is 0.0909. The van der Waals surface area contributed by atoms with Gasteiger partial charge in [0.15, 0.2) is 11.6 Å². The van der Waals surface area contributed by atoms with E-state index < -0.39 is 23.4 Å². The van der Waals surface area contributed by atoms with E-state index in [1.165, 1.54) is 36.4 Å². The van der Waals surface area contributed by atoms with Crippen LogP contribution in [0, 0.1) is 17.5 Å². The number of anilines is 1. The molecule has 0 aliphatic rings. The Labute approximate surface area is 165 Å². The first kappa shape index (κ1) is 20.1. The topological polar surface area (TPSA) is 58.2 Å². The van der Waals surface area contributed by atoms with Crippen molar-refractivity contribution < 1.29 is 22.8 Å². The molecule has 7 heteroatoms. The van der Waals surface area contributed by atoms with E-state index in [9.17, 15) is 22.8 Å². The molecule has 3 aromatic rings. The maximum Gasteiger partial charge on any atom is 0.255 e. The highest BCUT2D eigenvalue weighted by Gasteiger charge is 2.12. The molecule has 0 spiro atoms. The summed E-state index contributed by atoms with van der Waals surface area (Å²) in [5.74, 6) is -3.42. The predicted molar refractivity (Wildman–Crippen MR) is 103 cm³/mol. The van der Waals surface area contributed by atoms with E-state index >= 15 is 0 Å². The summed E-state index contributed by atoms with van der Waals surface area (Å²) in [5.41, 5.74) is 1.01. The van der Waals surface area contributed by atoms with Crippen molar-refractivity contribution in [2.75, 3.05) is 11.9 Å². The van der Waals surface area contributed by atoms with Crippen LogP contribution in [0.3, 0.4) is 0 Å². The zero-order valence-electron chi connectivity index (χ0n) is 15.2. The zero-order valence-corrected chi connectivity index (χ0v) is 15.2. The predicted octanol–water partition coefficient (Wildman–Crippen LogP) is 4.33. The highest BCUT2D eigenvalue weighted by atomic mass is 19.2. The van der Waals surface area contributed by atoms with Gasteiger partial charge in [0.1, 0.15) is 5.82 Å². The molecule has 2 amide bonds. The Hall–Kier alpha value is -3.61. The van der Waals surface area contributed by atoms with Gasteiger partial charge in [-0.1, -0.05) is 24.3 Å². The van der Waals surface area contributed by atoms with Crippen LogP contribution >= 0.6 is 0 Å². The van der Waals surface area contributed by atoms with Gasteiger partial charge in [0.2, 0.25) is 0 Å². The lowest BCUT2D eigenvalue weighted by molar-refractivity contribution is 0.0954. The van der Waals surface area contributed by atoms with Gasteiger partial charge in [-0.2, -0.15) is 0 Å². The van der Waals surface area contributed by atoms with Crippen LogP contribution < -0.4 is 10.6 Å². The van der Waals surface area contributed by atoms with Gasteiger partial charge in [0, 0.05) is 29.4 Å². The lowest BCUT2D eigenvalue weighted by Gasteiger charge is -2.09. The van der Waals surface area contributed by atoms with Gasteiger partial charge < -0.3 is 10.6 Å². The molecule has 0 atom stereocenters. The van der Waals surface area contributed by atoms with Gasteiger partial charge in [-0.05, 0) is 48.4 Å². The van der Waals surface area contributed by atoms with E-state index in [0.717, 1.165) is 12.1 Å². The Kier molecular flexibility index (Phi) is 6.29. The molecule has 0 aliphatic heterocycles. The number of hydrogen-bond donors (Lipinski definition) is 2. The van der Waals surface area contributed by atoms with Crippen LogP contribution in [0.4, 0.5) is 18.9 Å². The van der Waals surface area contributed by atoms with E-state index in [1.54, 1.807) is 18.2 Å². The van der Waals surface area contributed by atoms with Crippen LogP contribution in [0.15, 0.2) is 66.7 Å². The Morgan fingerprint density at radius 2 is 1.45 bits per heavy atom. The van der Waals surface area contributed by atoms with Crippen molar-refractivity contribution in [3.05, 3.63) is 101 Å². The van der Waals surface area contributed by atoms with E-state index in [-0.39, 0.29) is 29.2 Å². The smallest absolute Gasteiger partial charge is 0.255 e. The molecule has 0 fully saturated rings. The molecular weight excluding hydrogens is 381 g/mol. The first-order valence-electron chi connectivity index (χ1n) is 8.82. The number of carbonyl (C=O) groups is 2. The van der Waals surface area contributed by atoms with Gasteiger partial charge in [0.25, 0.3) is 11.8 Å². The molecule has 3 rings (SSSR count). The van der Waals surface area contributed by atoms with E-state index in [1.807, 2.05) is 0 Å². The third kappa shape index (κ3) is 5.22. The van der Waals surface area contributed by atoms with E-state index in [0.29, 0.717) is 12.0 Å². The van der Waals surface area contributed by atoms with Gasteiger partial charge in [-0.25, -0.2) is 13.2 Å². The molecule has 0 saturated heterocycles. The minimum absolute atomic E-state index is 0.0913. The summed E-state index contributed by atoms with van der Waals surface area (Å²) < 4.78 is 39.8. The van der Waals surface area contributed by atoms with Crippen LogP contribution in [0.5, 0.6) is 0 Å². The average Bonchev–Trinajstić information content (AvgIpc) is 2.72. The molecule has 0 radical (unpaired) electrons. The highest BCUT2D eigenvalue weighted by Crippen LogP contribution is 2.15. The molecule has 4 nitrogen and oxygen atoms in total. The standard InChI is InChI=1S/C22H17F3N2O2/c23-18-7-2-1-4-14(18)10-11-26-21(28)15-5-3-6-16(12-15)22(29)27-17-8-9-19(24)20(25)13-17/h1-9,12-13H,10-11H2,(H,26,28)(H,27,29). The van der Waals surface area contributed by atoms with Crippen LogP contribution in [0.25, 0.3) is 0 Å². The molecule has 0 aliphatic carbocycles. The quantitative estimate of drug-likeness (QED) is 0.649. The monoisotopic (exact) mass is 398 g/mol. The second-order valence-electron chi connectivity index (χ2n) is 6.26. The number of amides is 2. The zero-order chi connectivity index (χ0) is 20.8. The lowest BCUT2D eigenvalue weighted by Crippen LogP contribution is -2.26. The van der Waals surface area contributed by atoms with Crippen molar-refractivity contribution in [2.45, 2.75) is 6.42 Å². The van der Waals surface area contributed by atoms with Crippen LogP contribution in [0.2, 0.25) is 0 Å². The minimum atomic E-state index is -1.08. The number of benzene rings is 3. The van der Waals surface area contributed by atoms with Crippen molar-refractivity contribution in [1.29, 1.82) is 0 Å². The Balaban J connectivity index is 1.62. The fourth-order valence-electron chi connectivity index (χ4n) is 2.69. The summed E-state index contributed by atoms with van der Waals surface area (Å²) in [6, 6.07) is 15.3. The number of hydrogen-bond acceptors (Lipinski definition) is 2. The summed E-state index contributed by atoms with van der Waals surface area (Å²) in [4.78, 5) is 24.6. The molecule has 0 unspecified atom stereocenters. The molecule has 0 heterocycles. The van der Waals surface area contributed by atoms with Crippen molar-refractivity contribution in [1.82, 2.24) is 5.32 Å². The largest absolute Gasteiger partial charge is 0.352 e. The molecule has 0 bridgehead atoms. The average molecular weight is 398 g/mol. The van der Waals surface area contributed by atoms with E-state index in [2.05, 4.69) is 10.6 Å². The minimum Gasteiger partial charge on any atom is -0.352 e. The lowest BCUT2D eigenvalue weighted by atomic mass is 10.1. The Morgan fingerprint density at radius 1 is 0.724 bits per heavy atom. The number of rotatable bonds is 6. The summed E-state index contributed by atoms with van der Waals surface area (Å²) in [6.07, 6.45) is 0.328. The fourth-order valence-corrected chi connectivity index (χ4v) is 2.69. The van der Waals surface area contributed by atoms with Crippen molar-refractivity contribution in [2.24, 2.45) is 0 Å². The number of nitrogens with one attached hydrogen (secondary N) is 2. The highest BCUT2D eigenvalue weighted by molar-refractivity contribution is 6.06. The van der Waals surface area contributed by atoms with Gasteiger partial charge in [-0.3, -0.25) is 9.59 Å². The summed E-state index contributed by atoms with van der Waals surface area (Å²) in [7, 11) is 0. The normalized spacial score (nSPS) is 10.4. The molecule has 3 aromatic carbocycles. The SMILES string of the molecule is O=C(NCCc1ccccc1F)c1cccc(C(=O)Nc2ccc(F)c(F)c2)c1. The van der Waals surface area contributed by atoms with Crippen molar-refractivity contribution >= 4 is 17.5 Å². The van der Waals surface area contributed by atoms with Crippen molar-refractivity contribution in [3.63, 3.8) is 0 Å². The summed E-state index contributed by atoms with van der Waals surface area (Å²) >= 11 is 0. The maximum absolute atomic E-state index is 13.6. The first-order valence-corrected chi connectivity index (χ1v) is 8.82. The van der Waals surface area contributed by atoms with Crippen LogP contribution in [-0.4, -0.2) is 18.4 Å². The van der Waals surface area contributed by atoms with Gasteiger partial charge in [0.05, 0.1) is 0 Å². The molecule has 2 N–H and O–H groups in total. The second-order valence-corrected chi connectivity index (χ2v) is 6.26. The van der Waals surface area contributed by atoms with Crippen LogP contribution in [-0.2, 0) is 6.42 Å². The number of carbonyl (C=O) groups excluding carboxylic acids is 2. The Bertz CT molecular complexity index is 1050. The molecule has 0 aromatic heterocycles. The van der Waals surface area contributed by atoms with Crippen LogP contribution in [0.1, 0.15) is 26.3 Å². The third-order valence-corrected chi connectivity index (χ3v) is 4.20. The van der Waals surface area contributed by atoms with E-state index in [4.69, 9.17) is 0 Å². The van der Waals surface area contributed by atoms with Crippen molar-refractivity contribution in [3.8, 4) is 0 Å².